The van der Waals surface area contributed by atoms with E-state index in [-0.39, 0.29) is 29.7 Å². The van der Waals surface area contributed by atoms with Crippen LogP contribution < -0.4 is 5.73 Å². The predicted octanol–water partition coefficient (Wildman–Crippen LogP) is 4.36. The van der Waals surface area contributed by atoms with Crippen molar-refractivity contribution in [2.75, 3.05) is 20.1 Å². The number of fused-ring (bicyclic) bond motifs is 1. The first-order chi connectivity index (χ1) is 14.7. The van der Waals surface area contributed by atoms with E-state index in [1.807, 2.05) is 11.0 Å². The quantitative estimate of drug-likeness (QED) is 0.741. The maximum Gasteiger partial charge on any atom is 0.220 e. The van der Waals surface area contributed by atoms with Crippen LogP contribution in [0.1, 0.15) is 54.0 Å². The number of nitrogens with two attached hydrogens (primary N) is 1. The maximum atomic E-state index is 12.2. The highest BCUT2D eigenvalue weighted by Gasteiger charge is 2.34. The van der Waals surface area contributed by atoms with Gasteiger partial charge in [-0.15, -0.1) is 0 Å². The summed E-state index contributed by atoms with van der Waals surface area (Å²) >= 11 is 12.8. The minimum absolute atomic E-state index is 0.0177. The van der Waals surface area contributed by atoms with E-state index in [2.05, 4.69) is 36.2 Å². The average Bonchev–Trinajstić information content (AvgIpc) is 2.73. The van der Waals surface area contributed by atoms with Crippen LogP contribution in [0.2, 0.25) is 10.0 Å². The number of amides is 2. The van der Waals surface area contributed by atoms with Gasteiger partial charge in [-0.3, -0.25) is 9.59 Å². The summed E-state index contributed by atoms with van der Waals surface area (Å²) in [6, 6.07) is 12.1. The lowest BCUT2D eigenvalue weighted by molar-refractivity contribution is -0.136. The SMILES string of the molecule is CC(=O)N1CCC(C(N)=O)CC1c1ccc(C2CN(C)Cc3c(Cl)cc(Cl)cc32)cc1. The molecule has 2 aromatic carbocycles. The van der Waals surface area contributed by atoms with Gasteiger partial charge in [-0.2, -0.15) is 0 Å². The zero-order chi connectivity index (χ0) is 22.3. The van der Waals surface area contributed by atoms with E-state index in [9.17, 15) is 9.59 Å². The van der Waals surface area contributed by atoms with Gasteiger partial charge in [0.2, 0.25) is 11.8 Å². The molecule has 1 saturated heterocycles. The van der Waals surface area contributed by atoms with Gasteiger partial charge in [0.05, 0.1) is 6.04 Å². The Morgan fingerprint density at radius 3 is 2.42 bits per heavy atom. The molecule has 3 unspecified atom stereocenters. The predicted molar refractivity (Wildman–Crippen MR) is 123 cm³/mol. The largest absolute Gasteiger partial charge is 0.369 e. The Hall–Kier alpha value is -2.08. The molecule has 0 bridgehead atoms. The molecule has 5 nitrogen and oxygen atoms in total. The van der Waals surface area contributed by atoms with Gasteiger partial charge in [-0.05, 0) is 54.3 Å². The van der Waals surface area contributed by atoms with Crippen LogP contribution in [0.5, 0.6) is 0 Å². The first-order valence-corrected chi connectivity index (χ1v) is 11.3. The van der Waals surface area contributed by atoms with Crippen molar-refractivity contribution in [2.45, 2.75) is 38.3 Å². The molecule has 2 N–H and O–H groups in total. The van der Waals surface area contributed by atoms with E-state index in [0.29, 0.717) is 29.4 Å². The first-order valence-electron chi connectivity index (χ1n) is 10.6. The average molecular weight is 460 g/mol. The monoisotopic (exact) mass is 459 g/mol. The Morgan fingerprint density at radius 1 is 1.10 bits per heavy atom. The molecule has 2 aliphatic heterocycles. The molecular weight excluding hydrogens is 433 g/mol. The van der Waals surface area contributed by atoms with Gasteiger partial charge in [0.25, 0.3) is 0 Å². The molecule has 2 aromatic rings. The van der Waals surface area contributed by atoms with E-state index in [0.717, 1.165) is 24.2 Å². The number of primary amides is 1. The molecule has 2 amide bonds. The lowest BCUT2D eigenvalue weighted by atomic mass is 9.83. The summed E-state index contributed by atoms with van der Waals surface area (Å²) in [5.41, 5.74) is 10.0. The Labute approximate surface area is 193 Å². The summed E-state index contributed by atoms with van der Waals surface area (Å²) in [7, 11) is 2.09. The van der Waals surface area contributed by atoms with Crippen LogP contribution in [0, 0.1) is 5.92 Å². The second kappa shape index (κ2) is 8.81. The second-order valence-electron chi connectivity index (χ2n) is 8.72. The van der Waals surface area contributed by atoms with Crippen LogP contribution >= 0.6 is 23.2 Å². The van der Waals surface area contributed by atoms with Crippen molar-refractivity contribution in [1.29, 1.82) is 0 Å². The summed E-state index contributed by atoms with van der Waals surface area (Å²) in [6.45, 7) is 3.79. The van der Waals surface area contributed by atoms with Crippen LogP contribution in [-0.4, -0.2) is 41.8 Å². The summed E-state index contributed by atoms with van der Waals surface area (Å²) in [5, 5.41) is 1.35. The summed E-state index contributed by atoms with van der Waals surface area (Å²) in [5.74, 6) is -0.319. The highest BCUT2D eigenvalue weighted by molar-refractivity contribution is 6.35. The highest BCUT2D eigenvalue weighted by Crippen LogP contribution is 2.40. The van der Waals surface area contributed by atoms with Crippen molar-refractivity contribution in [3.63, 3.8) is 0 Å². The van der Waals surface area contributed by atoms with Gasteiger partial charge in [0.15, 0.2) is 0 Å². The van der Waals surface area contributed by atoms with Gasteiger partial charge in [0.1, 0.15) is 0 Å². The van der Waals surface area contributed by atoms with Crippen LogP contribution in [0.15, 0.2) is 36.4 Å². The number of likely N-dealkylation sites (tertiary alicyclic amines) is 1. The van der Waals surface area contributed by atoms with Crippen molar-refractivity contribution in [3.8, 4) is 0 Å². The molecule has 0 aromatic heterocycles. The van der Waals surface area contributed by atoms with E-state index in [4.69, 9.17) is 28.9 Å². The molecule has 0 saturated carbocycles. The fraction of sp³-hybridized carbons (Fsp3) is 0.417. The van der Waals surface area contributed by atoms with Crippen molar-refractivity contribution in [1.82, 2.24) is 9.80 Å². The van der Waals surface area contributed by atoms with Crippen LogP contribution in [-0.2, 0) is 16.1 Å². The molecule has 4 rings (SSSR count). The summed E-state index contributed by atoms with van der Waals surface area (Å²) < 4.78 is 0. The number of piperidine rings is 1. The van der Waals surface area contributed by atoms with E-state index in [1.54, 1.807) is 13.0 Å². The van der Waals surface area contributed by atoms with Gasteiger partial charge in [-0.1, -0.05) is 47.5 Å². The van der Waals surface area contributed by atoms with E-state index >= 15 is 0 Å². The zero-order valence-electron chi connectivity index (χ0n) is 17.8. The topological polar surface area (TPSA) is 66.6 Å². The van der Waals surface area contributed by atoms with Gasteiger partial charge < -0.3 is 15.5 Å². The Balaban J connectivity index is 1.65. The number of hydrogen-bond acceptors (Lipinski definition) is 3. The van der Waals surface area contributed by atoms with E-state index in [1.165, 1.54) is 11.1 Å². The highest BCUT2D eigenvalue weighted by atomic mass is 35.5. The van der Waals surface area contributed by atoms with Crippen molar-refractivity contribution in [2.24, 2.45) is 11.7 Å². The number of rotatable bonds is 3. The molecule has 7 heteroatoms. The third kappa shape index (κ3) is 4.45. The fourth-order valence-corrected chi connectivity index (χ4v) is 5.57. The lowest BCUT2D eigenvalue weighted by Gasteiger charge is -2.38. The Bertz CT molecular complexity index is 1010. The lowest BCUT2D eigenvalue weighted by Crippen LogP contribution is -2.43. The third-order valence-electron chi connectivity index (χ3n) is 6.63. The first kappa shape index (κ1) is 22.1. The van der Waals surface area contributed by atoms with E-state index < -0.39 is 0 Å². The van der Waals surface area contributed by atoms with Crippen molar-refractivity contribution in [3.05, 3.63) is 68.7 Å². The normalized spacial score (nSPS) is 24.0. The zero-order valence-corrected chi connectivity index (χ0v) is 19.3. The third-order valence-corrected chi connectivity index (χ3v) is 7.18. The summed E-state index contributed by atoms with van der Waals surface area (Å²) in [4.78, 5) is 28.1. The molecule has 0 radical (unpaired) electrons. The van der Waals surface area contributed by atoms with Crippen LogP contribution in [0.3, 0.4) is 0 Å². The van der Waals surface area contributed by atoms with Crippen LogP contribution in [0.25, 0.3) is 0 Å². The minimum atomic E-state index is -0.291. The molecule has 0 spiro atoms. The number of carbonyl (C=O) groups is 2. The maximum absolute atomic E-state index is 12.2. The van der Waals surface area contributed by atoms with Gasteiger partial charge in [0, 0.05) is 48.4 Å². The number of carbonyl (C=O) groups excluding carboxylic acids is 2. The van der Waals surface area contributed by atoms with Gasteiger partial charge >= 0.3 is 0 Å². The number of hydrogen-bond donors (Lipinski definition) is 1. The summed E-state index contributed by atoms with van der Waals surface area (Å²) in [6.07, 6.45) is 1.19. The molecular formula is C24H27Cl2N3O2. The molecule has 2 aliphatic rings. The minimum Gasteiger partial charge on any atom is -0.369 e. The number of nitrogens with zero attached hydrogens (tertiary/aromatic N) is 2. The molecule has 3 atom stereocenters. The number of likely N-dealkylation sites (N-methyl/N-ethyl adjacent to an activating group) is 1. The number of benzene rings is 2. The Kier molecular flexibility index (Phi) is 6.29. The molecule has 2 heterocycles. The number of halogens is 2. The smallest absolute Gasteiger partial charge is 0.220 e. The Morgan fingerprint density at radius 2 is 1.77 bits per heavy atom. The fourth-order valence-electron chi connectivity index (χ4n) is 5.00. The molecule has 1 fully saturated rings. The molecule has 31 heavy (non-hydrogen) atoms. The standard InChI is InChI=1S/C24H27Cl2N3O2/c1-14(30)29-8-7-17(24(27)31)9-23(29)16-5-3-15(4-6-16)20-12-28(2)13-21-19(20)10-18(25)11-22(21)26/h3-6,10-11,17,20,23H,7-9,12-13H2,1-2H3,(H2,27,31). The van der Waals surface area contributed by atoms with Crippen molar-refractivity contribution < 1.29 is 9.59 Å². The molecule has 164 valence electrons. The second-order valence-corrected chi connectivity index (χ2v) is 9.57. The van der Waals surface area contributed by atoms with Crippen LogP contribution in [0.4, 0.5) is 0 Å². The van der Waals surface area contributed by atoms with Gasteiger partial charge in [-0.25, -0.2) is 0 Å². The molecule has 0 aliphatic carbocycles. The van der Waals surface area contributed by atoms with Crippen molar-refractivity contribution >= 4 is 35.0 Å².